The summed E-state index contributed by atoms with van der Waals surface area (Å²) in [5.41, 5.74) is 0.988. The van der Waals surface area contributed by atoms with E-state index in [-0.39, 0.29) is 5.91 Å². The third-order valence-electron chi connectivity index (χ3n) is 6.48. The smallest absolute Gasteiger partial charge is 0.235 e. The molecule has 5 nitrogen and oxygen atoms in total. The van der Waals surface area contributed by atoms with Gasteiger partial charge in [0.1, 0.15) is 12.4 Å². The molecule has 0 aromatic heterocycles. The van der Waals surface area contributed by atoms with E-state index in [2.05, 4.69) is 10.2 Å². The Balaban J connectivity index is 1.40. The second-order valence-electron chi connectivity index (χ2n) is 8.55. The fourth-order valence-electron chi connectivity index (χ4n) is 4.65. The van der Waals surface area contributed by atoms with Gasteiger partial charge in [0.05, 0.1) is 18.6 Å². The second kappa shape index (κ2) is 10.9. The number of ether oxygens (including phenoxy) is 2. The monoisotopic (exact) mass is 476 g/mol. The molecule has 32 heavy (non-hydrogen) atoms. The molecule has 4 rings (SSSR count). The maximum atomic E-state index is 13.5. The van der Waals surface area contributed by atoms with Crippen molar-refractivity contribution in [3.05, 3.63) is 58.1 Å². The van der Waals surface area contributed by atoms with Crippen molar-refractivity contribution < 1.29 is 14.3 Å². The predicted molar refractivity (Wildman–Crippen MR) is 129 cm³/mol. The van der Waals surface area contributed by atoms with E-state index in [0.717, 1.165) is 82.0 Å². The fourth-order valence-corrected chi connectivity index (χ4v) is 5.24. The number of carbonyl (C=O) groups excluding carboxylic acids is 1. The van der Waals surface area contributed by atoms with Crippen molar-refractivity contribution in [3.8, 4) is 5.75 Å². The normalized spacial score (nSPS) is 18.8. The van der Waals surface area contributed by atoms with Crippen LogP contribution in [0.25, 0.3) is 0 Å². The van der Waals surface area contributed by atoms with E-state index >= 15 is 0 Å². The average Bonchev–Trinajstić information content (AvgIpc) is 2.81. The first-order valence-corrected chi connectivity index (χ1v) is 12.1. The van der Waals surface area contributed by atoms with Crippen molar-refractivity contribution in [1.29, 1.82) is 0 Å². The van der Waals surface area contributed by atoms with Crippen LogP contribution in [0.5, 0.6) is 5.75 Å². The lowest BCUT2D eigenvalue weighted by Crippen LogP contribution is -2.42. The highest BCUT2D eigenvalue weighted by molar-refractivity contribution is 6.35. The zero-order chi connectivity index (χ0) is 22.4. The van der Waals surface area contributed by atoms with Gasteiger partial charge in [-0.25, -0.2) is 0 Å². The first-order chi connectivity index (χ1) is 15.6. The van der Waals surface area contributed by atoms with Crippen LogP contribution < -0.4 is 10.1 Å². The number of hydrogen-bond donors (Lipinski definition) is 1. The molecule has 1 aliphatic carbocycles. The predicted octanol–water partition coefficient (Wildman–Crippen LogP) is 5.55. The molecule has 1 aliphatic heterocycles. The topological polar surface area (TPSA) is 50.8 Å². The van der Waals surface area contributed by atoms with Gasteiger partial charge in [-0.1, -0.05) is 48.5 Å². The van der Waals surface area contributed by atoms with Gasteiger partial charge in [0.2, 0.25) is 5.91 Å². The zero-order valence-electron chi connectivity index (χ0n) is 18.2. The largest absolute Gasteiger partial charge is 0.492 e. The molecule has 1 N–H and O–H groups in total. The third kappa shape index (κ3) is 5.57. The first kappa shape index (κ1) is 23.4. The molecule has 0 atom stereocenters. The molecular formula is C25H30Cl2N2O3. The average molecular weight is 477 g/mol. The van der Waals surface area contributed by atoms with Gasteiger partial charge in [-0.3, -0.25) is 9.69 Å². The summed E-state index contributed by atoms with van der Waals surface area (Å²) in [6.45, 7) is 4.99. The number of benzene rings is 2. The Morgan fingerprint density at radius 3 is 2.44 bits per heavy atom. The molecule has 2 fully saturated rings. The van der Waals surface area contributed by atoms with Crippen LogP contribution in [-0.4, -0.2) is 50.3 Å². The van der Waals surface area contributed by atoms with Crippen molar-refractivity contribution in [2.45, 2.75) is 37.5 Å². The van der Waals surface area contributed by atoms with Crippen LogP contribution in [0.2, 0.25) is 10.0 Å². The van der Waals surface area contributed by atoms with E-state index in [0.29, 0.717) is 16.7 Å². The molecule has 0 bridgehead atoms. The quantitative estimate of drug-likeness (QED) is 0.569. The first-order valence-electron chi connectivity index (χ1n) is 11.4. The number of morpholine rings is 1. The Hall–Kier alpha value is -1.79. The van der Waals surface area contributed by atoms with Crippen LogP contribution in [0.1, 0.15) is 37.7 Å². The lowest BCUT2D eigenvalue weighted by Gasteiger charge is -2.37. The van der Waals surface area contributed by atoms with E-state index in [1.54, 1.807) is 6.07 Å². The molecular weight excluding hydrogens is 447 g/mol. The van der Waals surface area contributed by atoms with Crippen molar-refractivity contribution >= 4 is 34.8 Å². The molecule has 1 heterocycles. The summed E-state index contributed by atoms with van der Waals surface area (Å²) < 4.78 is 11.2. The maximum absolute atomic E-state index is 13.5. The van der Waals surface area contributed by atoms with Gasteiger partial charge in [-0.05, 0) is 54.8 Å². The number of amides is 1. The van der Waals surface area contributed by atoms with Crippen LogP contribution in [0.3, 0.4) is 0 Å². The molecule has 2 aromatic carbocycles. The Labute approximate surface area is 200 Å². The van der Waals surface area contributed by atoms with Gasteiger partial charge in [0, 0.05) is 35.4 Å². The van der Waals surface area contributed by atoms with Gasteiger partial charge in [-0.15, -0.1) is 0 Å². The molecule has 2 aliphatic rings. The molecule has 0 radical (unpaired) electrons. The molecule has 2 aromatic rings. The van der Waals surface area contributed by atoms with Crippen molar-refractivity contribution in [3.63, 3.8) is 0 Å². The van der Waals surface area contributed by atoms with E-state index in [1.807, 2.05) is 36.4 Å². The Morgan fingerprint density at radius 1 is 1.03 bits per heavy atom. The Kier molecular flexibility index (Phi) is 7.95. The van der Waals surface area contributed by atoms with Crippen molar-refractivity contribution in [2.75, 3.05) is 44.8 Å². The van der Waals surface area contributed by atoms with Crippen LogP contribution >= 0.6 is 23.2 Å². The van der Waals surface area contributed by atoms with E-state index < -0.39 is 5.41 Å². The summed E-state index contributed by atoms with van der Waals surface area (Å²) in [7, 11) is 0. The highest BCUT2D eigenvalue weighted by Gasteiger charge is 2.42. The minimum Gasteiger partial charge on any atom is -0.492 e. The lowest BCUT2D eigenvalue weighted by molar-refractivity contribution is -0.122. The van der Waals surface area contributed by atoms with E-state index in [9.17, 15) is 4.79 Å². The van der Waals surface area contributed by atoms with E-state index in [1.165, 1.54) is 0 Å². The maximum Gasteiger partial charge on any atom is 0.235 e. The second-order valence-corrected chi connectivity index (χ2v) is 9.39. The number of halogens is 2. The molecule has 7 heteroatoms. The van der Waals surface area contributed by atoms with Gasteiger partial charge in [0.25, 0.3) is 0 Å². The van der Waals surface area contributed by atoms with E-state index in [4.69, 9.17) is 32.7 Å². The van der Waals surface area contributed by atoms with Crippen LogP contribution in [-0.2, 0) is 14.9 Å². The summed E-state index contributed by atoms with van der Waals surface area (Å²) in [6.07, 6.45) is 4.70. The minimum atomic E-state index is -0.632. The van der Waals surface area contributed by atoms with Gasteiger partial charge < -0.3 is 14.8 Å². The summed E-state index contributed by atoms with van der Waals surface area (Å²) in [4.78, 5) is 15.8. The van der Waals surface area contributed by atoms with Crippen molar-refractivity contribution in [1.82, 2.24) is 4.90 Å². The fraction of sp³-hybridized carbons (Fsp3) is 0.480. The number of anilines is 1. The van der Waals surface area contributed by atoms with Crippen LogP contribution in [0.15, 0.2) is 42.5 Å². The zero-order valence-corrected chi connectivity index (χ0v) is 19.8. The third-order valence-corrected chi connectivity index (χ3v) is 7.03. The summed E-state index contributed by atoms with van der Waals surface area (Å²) >= 11 is 12.6. The van der Waals surface area contributed by atoms with Gasteiger partial charge >= 0.3 is 0 Å². The van der Waals surface area contributed by atoms with Crippen molar-refractivity contribution in [2.24, 2.45) is 0 Å². The number of nitrogens with zero attached hydrogens (tertiary/aromatic N) is 1. The standard InChI is InChI=1S/C25H30Cl2N2O3/c26-19-4-9-22(23(27)18-19)25(10-2-1-3-11-25)24(30)28-20-5-7-21(8-6-20)32-17-14-29-12-15-31-16-13-29/h4-9,18H,1-3,10-17H2,(H,28,30). The number of rotatable bonds is 7. The van der Waals surface area contributed by atoms with Gasteiger partial charge in [0.15, 0.2) is 0 Å². The molecule has 1 saturated carbocycles. The minimum absolute atomic E-state index is 0.0117. The molecule has 172 valence electrons. The molecule has 0 spiro atoms. The number of nitrogens with one attached hydrogen (secondary N) is 1. The number of carbonyl (C=O) groups is 1. The molecule has 0 unspecified atom stereocenters. The summed E-state index contributed by atoms with van der Waals surface area (Å²) in [6, 6.07) is 13.0. The van der Waals surface area contributed by atoms with Crippen LogP contribution in [0.4, 0.5) is 5.69 Å². The molecule has 1 saturated heterocycles. The SMILES string of the molecule is O=C(Nc1ccc(OCCN2CCOCC2)cc1)C1(c2ccc(Cl)cc2Cl)CCCCC1. The highest BCUT2D eigenvalue weighted by atomic mass is 35.5. The highest BCUT2D eigenvalue weighted by Crippen LogP contribution is 2.44. The van der Waals surface area contributed by atoms with Crippen LogP contribution in [0, 0.1) is 0 Å². The van der Waals surface area contributed by atoms with Gasteiger partial charge in [-0.2, -0.15) is 0 Å². The Bertz CT molecular complexity index is 908. The summed E-state index contributed by atoms with van der Waals surface area (Å²) in [5.74, 6) is 0.784. The number of hydrogen-bond acceptors (Lipinski definition) is 4. The summed E-state index contributed by atoms with van der Waals surface area (Å²) in [5, 5.41) is 4.25. The molecule has 1 amide bonds. The Morgan fingerprint density at radius 2 is 1.75 bits per heavy atom. The lowest BCUT2D eigenvalue weighted by atomic mass is 9.68.